The Morgan fingerprint density at radius 3 is 2.40 bits per heavy atom. The fourth-order valence-electron chi connectivity index (χ4n) is 2.68. The molecule has 1 fully saturated rings. The number of ketones is 1. The molecule has 0 amide bonds. The maximum atomic E-state index is 11.8. The predicted octanol–water partition coefficient (Wildman–Crippen LogP) is 2.51. The van der Waals surface area contributed by atoms with E-state index in [1.165, 1.54) is 0 Å². The molecule has 0 atom stereocenters. The largest absolute Gasteiger partial charge is 0.354 e. The summed E-state index contributed by atoms with van der Waals surface area (Å²) in [6, 6.07) is 4.52. The second-order valence-corrected chi connectivity index (χ2v) is 5.70. The van der Waals surface area contributed by atoms with Gasteiger partial charge in [0.2, 0.25) is 0 Å². The molecule has 0 saturated carbocycles. The normalized spacial score (nSPS) is 16.8. The lowest BCUT2D eigenvalue weighted by atomic mass is 10.1. The van der Waals surface area contributed by atoms with E-state index in [1.807, 2.05) is 26.0 Å². The van der Waals surface area contributed by atoms with Crippen molar-refractivity contribution < 1.29 is 4.79 Å². The summed E-state index contributed by atoms with van der Waals surface area (Å²) in [4.78, 5) is 21.2. The third-order valence-corrected chi connectivity index (χ3v) is 4.06. The Bertz CT molecular complexity index is 477. The first-order valence-electron chi connectivity index (χ1n) is 7.52. The number of hydrogen-bond acceptors (Lipinski definition) is 4. The van der Waals surface area contributed by atoms with Crippen molar-refractivity contribution in [2.75, 3.05) is 31.1 Å². The maximum absolute atomic E-state index is 11.8. The van der Waals surface area contributed by atoms with Crippen LogP contribution in [0.15, 0.2) is 12.1 Å². The van der Waals surface area contributed by atoms with Crippen molar-refractivity contribution in [3.05, 3.63) is 23.4 Å². The van der Waals surface area contributed by atoms with Gasteiger partial charge in [0, 0.05) is 44.2 Å². The lowest BCUT2D eigenvalue weighted by Gasteiger charge is -2.37. The van der Waals surface area contributed by atoms with Crippen LogP contribution in [0, 0.1) is 6.92 Å². The molecule has 0 spiro atoms. The van der Waals surface area contributed by atoms with Crippen molar-refractivity contribution in [2.24, 2.45) is 0 Å². The SMILES string of the molecule is CCC(=O)c1ccc(N2CCN(C(C)C)CC2)nc1C. The number of rotatable bonds is 4. The number of carbonyl (C=O) groups is 1. The van der Waals surface area contributed by atoms with Gasteiger partial charge >= 0.3 is 0 Å². The summed E-state index contributed by atoms with van der Waals surface area (Å²) in [5.74, 6) is 1.17. The highest BCUT2D eigenvalue weighted by Crippen LogP contribution is 2.18. The van der Waals surface area contributed by atoms with E-state index in [0.29, 0.717) is 12.5 Å². The Hall–Kier alpha value is -1.42. The minimum Gasteiger partial charge on any atom is -0.354 e. The molecule has 0 aromatic carbocycles. The number of piperazine rings is 1. The molecule has 0 N–H and O–H groups in total. The smallest absolute Gasteiger partial charge is 0.164 e. The molecule has 4 nitrogen and oxygen atoms in total. The van der Waals surface area contributed by atoms with Crippen molar-refractivity contribution in [1.29, 1.82) is 0 Å². The fraction of sp³-hybridized carbons (Fsp3) is 0.625. The molecule has 0 bridgehead atoms. The van der Waals surface area contributed by atoms with Crippen LogP contribution in [-0.4, -0.2) is 47.9 Å². The average molecular weight is 275 g/mol. The number of anilines is 1. The molecule has 4 heteroatoms. The van der Waals surface area contributed by atoms with E-state index < -0.39 is 0 Å². The van der Waals surface area contributed by atoms with Crippen LogP contribution in [0.5, 0.6) is 0 Å². The second-order valence-electron chi connectivity index (χ2n) is 5.70. The Morgan fingerprint density at radius 1 is 1.25 bits per heavy atom. The number of carbonyl (C=O) groups excluding carboxylic acids is 1. The summed E-state index contributed by atoms with van der Waals surface area (Å²) in [6.07, 6.45) is 0.537. The van der Waals surface area contributed by atoms with Gasteiger partial charge in [-0.3, -0.25) is 9.69 Å². The number of Topliss-reactive ketones (excluding diaryl/α,β-unsaturated/α-hetero) is 1. The molecule has 1 aliphatic rings. The molecule has 0 unspecified atom stereocenters. The van der Waals surface area contributed by atoms with Crippen molar-refractivity contribution in [3.63, 3.8) is 0 Å². The van der Waals surface area contributed by atoms with E-state index in [1.54, 1.807) is 0 Å². The van der Waals surface area contributed by atoms with Crippen LogP contribution in [0.2, 0.25) is 0 Å². The number of nitrogens with zero attached hydrogens (tertiary/aromatic N) is 3. The standard InChI is InChI=1S/C16H25N3O/c1-5-15(20)14-6-7-16(17-13(14)4)19-10-8-18(9-11-19)12(2)3/h6-7,12H,5,8-11H2,1-4H3. The van der Waals surface area contributed by atoms with Gasteiger partial charge in [-0.25, -0.2) is 4.98 Å². The molecule has 2 heterocycles. The summed E-state index contributed by atoms with van der Waals surface area (Å²) in [5, 5.41) is 0. The van der Waals surface area contributed by atoms with Gasteiger partial charge in [-0.2, -0.15) is 0 Å². The minimum atomic E-state index is 0.172. The van der Waals surface area contributed by atoms with Crippen molar-refractivity contribution in [1.82, 2.24) is 9.88 Å². The monoisotopic (exact) mass is 275 g/mol. The highest BCUT2D eigenvalue weighted by Gasteiger charge is 2.20. The highest BCUT2D eigenvalue weighted by atomic mass is 16.1. The van der Waals surface area contributed by atoms with E-state index in [0.717, 1.165) is 43.3 Å². The zero-order valence-corrected chi connectivity index (χ0v) is 13.0. The van der Waals surface area contributed by atoms with Crippen LogP contribution in [-0.2, 0) is 0 Å². The fourth-order valence-corrected chi connectivity index (χ4v) is 2.68. The van der Waals surface area contributed by atoms with Crippen molar-refractivity contribution in [2.45, 2.75) is 40.2 Å². The van der Waals surface area contributed by atoms with Crippen molar-refractivity contribution >= 4 is 11.6 Å². The minimum absolute atomic E-state index is 0.172. The van der Waals surface area contributed by atoms with Gasteiger partial charge in [-0.15, -0.1) is 0 Å². The zero-order valence-electron chi connectivity index (χ0n) is 13.0. The summed E-state index contributed by atoms with van der Waals surface area (Å²) >= 11 is 0. The van der Waals surface area contributed by atoms with Crippen LogP contribution in [0.4, 0.5) is 5.82 Å². The number of aryl methyl sites for hydroxylation is 1. The van der Waals surface area contributed by atoms with E-state index in [9.17, 15) is 4.79 Å². The van der Waals surface area contributed by atoms with Crippen LogP contribution in [0.1, 0.15) is 43.2 Å². The molecule has 2 rings (SSSR count). The molecule has 110 valence electrons. The molecular formula is C16H25N3O. The van der Waals surface area contributed by atoms with Gasteiger partial charge in [-0.05, 0) is 32.9 Å². The lowest BCUT2D eigenvalue weighted by Crippen LogP contribution is -2.49. The third kappa shape index (κ3) is 3.18. The molecule has 1 aromatic rings. The molecular weight excluding hydrogens is 250 g/mol. The highest BCUT2D eigenvalue weighted by molar-refractivity contribution is 5.96. The zero-order chi connectivity index (χ0) is 14.7. The van der Waals surface area contributed by atoms with E-state index >= 15 is 0 Å². The Morgan fingerprint density at radius 2 is 1.90 bits per heavy atom. The van der Waals surface area contributed by atoms with Crippen LogP contribution in [0.25, 0.3) is 0 Å². The van der Waals surface area contributed by atoms with Gasteiger partial charge < -0.3 is 4.90 Å². The van der Waals surface area contributed by atoms with E-state index in [2.05, 4.69) is 28.6 Å². The van der Waals surface area contributed by atoms with Crippen LogP contribution < -0.4 is 4.90 Å². The van der Waals surface area contributed by atoms with E-state index in [-0.39, 0.29) is 5.78 Å². The Labute approximate surface area is 121 Å². The van der Waals surface area contributed by atoms with E-state index in [4.69, 9.17) is 0 Å². The first-order valence-corrected chi connectivity index (χ1v) is 7.52. The molecule has 1 saturated heterocycles. The van der Waals surface area contributed by atoms with Gasteiger partial charge in [0.05, 0.1) is 5.69 Å². The molecule has 1 aromatic heterocycles. The topological polar surface area (TPSA) is 36.4 Å². The van der Waals surface area contributed by atoms with Gasteiger partial charge in [0.1, 0.15) is 5.82 Å². The summed E-state index contributed by atoms with van der Waals surface area (Å²) in [5.41, 5.74) is 1.61. The molecule has 1 aliphatic heterocycles. The molecule has 20 heavy (non-hydrogen) atoms. The second kappa shape index (κ2) is 6.35. The van der Waals surface area contributed by atoms with Gasteiger partial charge in [-0.1, -0.05) is 6.92 Å². The van der Waals surface area contributed by atoms with Gasteiger partial charge in [0.15, 0.2) is 5.78 Å². The average Bonchev–Trinajstić information content (AvgIpc) is 2.46. The number of pyridine rings is 1. The van der Waals surface area contributed by atoms with Crippen LogP contribution >= 0.6 is 0 Å². The van der Waals surface area contributed by atoms with Gasteiger partial charge in [0.25, 0.3) is 0 Å². The quantitative estimate of drug-likeness (QED) is 0.791. The summed E-state index contributed by atoms with van der Waals surface area (Å²) in [6.45, 7) is 12.5. The molecule has 0 radical (unpaired) electrons. The number of aromatic nitrogens is 1. The first-order chi connectivity index (χ1) is 9.52. The third-order valence-electron chi connectivity index (χ3n) is 4.06. The van der Waals surface area contributed by atoms with Crippen LogP contribution in [0.3, 0.4) is 0 Å². The summed E-state index contributed by atoms with van der Waals surface area (Å²) < 4.78 is 0. The Kier molecular flexibility index (Phi) is 4.76. The van der Waals surface area contributed by atoms with Crippen molar-refractivity contribution in [3.8, 4) is 0 Å². The Balaban J connectivity index is 2.08. The molecule has 0 aliphatic carbocycles. The lowest BCUT2D eigenvalue weighted by molar-refractivity contribution is 0.0987. The maximum Gasteiger partial charge on any atom is 0.164 e. The number of hydrogen-bond donors (Lipinski definition) is 0. The first kappa shape index (κ1) is 15.0. The predicted molar refractivity (Wildman–Crippen MR) is 82.5 cm³/mol. The summed E-state index contributed by atoms with van der Waals surface area (Å²) in [7, 11) is 0.